The van der Waals surface area contributed by atoms with Gasteiger partial charge in [-0.2, -0.15) is 0 Å². The van der Waals surface area contributed by atoms with Crippen molar-refractivity contribution in [3.8, 4) is 0 Å². The van der Waals surface area contributed by atoms with Crippen molar-refractivity contribution in [2.45, 2.75) is 31.4 Å². The Balaban J connectivity index is 4.11. The van der Waals surface area contributed by atoms with Crippen molar-refractivity contribution < 1.29 is 13.2 Å². The van der Waals surface area contributed by atoms with Crippen molar-refractivity contribution in [1.29, 1.82) is 0 Å². The molecule has 15 heavy (non-hydrogen) atoms. The molecule has 0 aromatic rings. The predicted molar refractivity (Wildman–Crippen MR) is 60.2 cm³/mol. The lowest BCUT2D eigenvalue weighted by Crippen LogP contribution is -2.43. The number of nitrogens with two attached hydrogens (primary N) is 1. The first-order valence-corrected chi connectivity index (χ1v) is 6.76. The maximum atomic E-state index is 11.3. The summed E-state index contributed by atoms with van der Waals surface area (Å²) in [5.41, 5.74) is 5.25. The number of hydrogen-bond acceptors (Lipinski definition) is 4. The third-order valence-corrected chi connectivity index (χ3v) is 4.47. The van der Waals surface area contributed by atoms with Crippen molar-refractivity contribution in [2.75, 3.05) is 19.3 Å². The van der Waals surface area contributed by atoms with E-state index < -0.39 is 14.6 Å². The highest BCUT2D eigenvalue weighted by Crippen LogP contribution is 2.13. The maximum absolute atomic E-state index is 11.3. The number of sulfone groups is 1. The molecule has 0 spiro atoms. The Bertz CT molecular complexity index is 309. The van der Waals surface area contributed by atoms with Gasteiger partial charge in [0.25, 0.3) is 0 Å². The van der Waals surface area contributed by atoms with Gasteiger partial charge in [0.1, 0.15) is 0 Å². The van der Waals surface area contributed by atoms with E-state index in [-0.39, 0.29) is 12.5 Å². The quantitative estimate of drug-likeness (QED) is 0.660. The van der Waals surface area contributed by atoms with Crippen molar-refractivity contribution >= 4 is 15.7 Å². The lowest BCUT2D eigenvalue weighted by molar-refractivity contribution is -0.121. The molecular formula is C9H20N2O3S. The van der Waals surface area contributed by atoms with Gasteiger partial charge in [0.05, 0.1) is 4.75 Å². The van der Waals surface area contributed by atoms with Crippen LogP contribution in [0.3, 0.4) is 0 Å². The van der Waals surface area contributed by atoms with E-state index >= 15 is 0 Å². The molecule has 6 heteroatoms. The Morgan fingerprint density at radius 3 is 2.33 bits per heavy atom. The number of carbonyl (C=O) groups excluding carboxylic acids is 1. The number of hydrogen-bond donors (Lipinski definition) is 2. The van der Waals surface area contributed by atoms with Gasteiger partial charge < -0.3 is 11.1 Å². The maximum Gasteiger partial charge on any atom is 0.220 e. The average Bonchev–Trinajstić information content (AvgIpc) is 2.09. The molecule has 1 amide bonds. The fourth-order valence-electron chi connectivity index (χ4n) is 0.794. The molecule has 0 aromatic heterocycles. The molecule has 0 radical (unpaired) electrons. The van der Waals surface area contributed by atoms with Crippen molar-refractivity contribution in [1.82, 2.24) is 5.32 Å². The second-order valence-corrected chi connectivity index (χ2v) is 6.85. The predicted octanol–water partition coefficient (Wildman–Crippen LogP) is -0.335. The molecule has 0 aromatic carbocycles. The largest absolute Gasteiger partial charge is 0.355 e. The first kappa shape index (κ1) is 14.4. The lowest BCUT2D eigenvalue weighted by atomic mass is 10.2. The third kappa shape index (κ3) is 5.13. The number of rotatable bonds is 6. The van der Waals surface area contributed by atoms with E-state index in [2.05, 4.69) is 5.32 Å². The van der Waals surface area contributed by atoms with Crippen LogP contribution < -0.4 is 11.1 Å². The fraction of sp³-hybridized carbons (Fsp3) is 0.889. The van der Waals surface area contributed by atoms with Gasteiger partial charge in [-0.15, -0.1) is 0 Å². The molecule has 0 unspecified atom stereocenters. The Kier molecular flexibility index (Phi) is 5.23. The Labute approximate surface area is 91.3 Å². The minimum atomic E-state index is -3.16. The van der Waals surface area contributed by atoms with Gasteiger partial charge in [0.2, 0.25) is 5.91 Å². The summed E-state index contributed by atoms with van der Waals surface area (Å²) in [5, 5.41) is 2.59. The zero-order chi connectivity index (χ0) is 12.1. The van der Waals surface area contributed by atoms with Crippen LogP contribution >= 0.6 is 0 Å². The van der Waals surface area contributed by atoms with Crippen LogP contribution in [-0.2, 0) is 14.6 Å². The minimum absolute atomic E-state index is 0.134. The molecule has 0 heterocycles. The zero-order valence-electron chi connectivity index (χ0n) is 9.54. The summed E-state index contributed by atoms with van der Waals surface area (Å²) in [7, 11) is -3.16. The van der Waals surface area contributed by atoms with Gasteiger partial charge in [-0.1, -0.05) is 0 Å². The van der Waals surface area contributed by atoms with Crippen LogP contribution in [-0.4, -0.2) is 38.4 Å². The molecule has 0 atom stereocenters. The van der Waals surface area contributed by atoms with Gasteiger partial charge in [0.15, 0.2) is 9.84 Å². The van der Waals surface area contributed by atoms with E-state index in [0.717, 1.165) is 0 Å². The van der Waals surface area contributed by atoms with Crippen molar-refractivity contribution in [3.63, 3.8) is 0 Å². The van der Waals surface area contributed by atoms with Crippen LogP contribution in [0, 0.1) is 0 Å². The SMILES string of the molecule is CC(C)(CNC(=O)CCCN)S(C)(=O)=O. The molecule has 0 saturated heterocycles. The molecule has 0 saturated carbocycles. The molecule has 0 bridgehead atoms. The van der Waals surface area contributed by atoms with E-state index in [0.29, 0.717) is 19.4 Å². The van der Waals surface area contributed by atoms with Crippen LogP contribution in [0.2, 0.25) is 0 Å². The highest BCUT2D eigenvalue weighted by atomic mass is 32.2. The molecule has 0 aliphatic rings. The lowest BCUT2D eigenvalue weighted by Gasteiger charge is -2.22. The second kappa shape index (κ2) is 5.46. The summed E-state index contributed by atoms with van der Waals surface area (Å²) in [6.07, 6.45) is 2.13. The molecule has 0 fully saturated rings. The van der Waals surface area contributed by atoms with Crippen molar-refractivity contribution in [2.24, 2.45) is 5.73 Å². The second-order valence-electron chi connectivity index (χ2n) is 4.20. The summed E-state index contributed by atoms with van der Waals surface area (Å²) in [6.45, 7) is 3.77. The Morgan fingerprint density at radius 1 is 1.40 bits per heavy atom. The fourth-order valence-corrected chi connectivity index (χ4v) is 1.13. The molecule has 0 aliphatic heterocycles. The van der Waals surface area contributed by atoms with Gasteiger partial charge >= 0.3 is 0 Å². The van der Waals surface area contributed by atoms with E-state index in [1.807, 2.05) is 0 Å². The molecule has 0 aliphatic carbocycles. The Hall–Kier alpha value is -0.620. The van der Waals surface area contributed by atoms with E-state index in [9.17, 15) is 13.2 Å². The minimum Gasteiger partial charge on any atom is -0.355 e. The summed E-state index contributed by atoms with van der Waals surface area (Å²) >= 11 is 0. The monoisotopic (exact) mass is 236 g/mol. The molecule has 0 rings (SSSR count). The van der Waals surface area contributed by atoms with Crippen LogP contribution in [0.5, 0.6) is 0 Å². The van der Waals surface area contributed by atoms with Crippen LogP contribution in [0.15, 0.2) is 0 Å². The summed E-state index contributed by atoms with van der Waals surface area (Å²) in [4.78, 5) is 11.2. The van der Waals surface area contributed by atoms with Crippen LogP contribution in [0.25, 0.3) is 0 Å². The summed E-state index contributed by atoms with van der Waals surface area (Å²) in [6, 6.07) is 0. The van der Waals surface area contributed by atoms with E-state index in [1.165, 1.54) is 6.26 Å². The normalized spacial score (nSPS) is 12.5. The Morgan fingerprint density at radius 2 is 1.93 bits per heavy atom. The highest BCUT2D eigenvalue weighted by Gasteiger charge is 2.30. The summed E-state index contributed by atoms with van der Waals surface area (Å²) < 4.78 is 21.7. The first-order chi connectivity index (χ1) is 6.70. The molecule has 3 N–H and O–H groups in total. The highest BCUT2D eigenvalue weighted by molar-refractivity contribution is 7.92. The smallest absolute Gasteiger partial charge is 0.220 e. The first-order valence-electron chi connectivity index (χ1n) is 4.87. The van der Waals surface area contributed by atoms with Crippen LogP contribution in [0.1, 0.15) is 26.7 Å². The average molecular weight is 236 g/mol. The van der Waals surface area contributed by atoms with Gasteiger partial charge in [0, 0.05) is 19.2 Å². The number of carbonyl (C=O) groups is 1. The molecule has 5 nitrogen and oxygen atoms in total. The number of nitrogens with one attached hydrogen (secondary N) is 1. The van der Waals surface area contributed by atoms with E-state index in [1.54, 1.807) is 13.8 Å². The summed E-state index contributed by atoms with van der Waals surface area (Å²) in [5.74, 6) is -0.155. The number of amides is 1. The van der Waals surface area contributed by atoms with Gasteiger partial charge in [-0.05, 0) is 26.8 Å². The molecular weight excluding hydrogens is 216 g/mol. The van der Waals surface area contributed by atoms with Crippen molar-refractivity contribution in [3.05, 3.63) is 0 Å². The van der Waals surface area contributed by atoms with Crippen LogP contribution in [0.4, 0.5) is 0 Å². The van der Waals surface area contributed by atoms with Gasteiger partial charge in [-0.25, -0.2) is 8.42 Å². The van der Waals surface area contributed by atoms with E-state index in [4.69, 9.17) is 5.73 Å². The topological polar surface area (TPSA) is 89.3 Å². The van der Waals surface area contributed by atoms with Gasteiger partial charge in [-0.3, -0.25) is 4.79 Å². The zero-order valence-corrected chi connectivity index (χ0v) is 10.4. The third-order valence-electron chi connectivity index (χ3n) is 2.32. The standard InChI is InChI=1S/C9H20N2O3S/c1-9(2,15(3,13)14)7-11-8(12)5-4-6-10/h4-7,10H2,1-3H3,(H,11,12). The molecule has 90 valence electrons.